The number of anilines is 1. The molecular weight excluding hydrogens is 395 g/mol. The summed E-state index contributed by atoms with van der Waals surface area (Å²) in [5.74, 6) is -0.585. The normalized spacial score (nSPS) is 11.3. The molecule has 1 amide bonds. The van der Waals surface area contributed by atoms with Crippen LogP contribution in [0, 0.1) is 5.82 Å². The van der Waals surface area contributed by atoms with Gasteiger partial charge in [0.1, 0.15) is 18.1 Å². The summed E-state index contributed by atoms with van der Waals surface area (Å²) in [7, 11) is 1.42. The minimum Gasteiger partial charge on any atom is -0.496 e. The van der Waals surface area contributed by atoms with Crippen LogP contribution in [-0.2, 0) is 16.8 Å². The molecule has 0 saturated carbocycles. The third kappa shape index (κ3) is 4.86. The quantitative estimate of drug-likeness (QED) is 0.689. The first-order chi connectivity index (χ1) is 13.7. The van der Waals surface area contributed by atoms with Crippen LogP contribution in [0.5, 0.6) is 5.75 Å². The van der Waals surface area contributed by atoms with Crippen molar-refractivity contribution >= 4 is 22.4 Å². The molecule has 0 fully saturated rings. The molecule has 29 heavy (non-hydrogen) atoms. The largest absolute Gasteiger partial charge is 0.496 e. The second kappa shape index (κ2) is 8.12. The third-order valence-corrected chi connectivity index (χ3v) is 4.88. The molecule has 152 valence electrons. The standard InChI is InChI=1S/C20H21FN4O3S/c1-20(2,3)16-11-29-19(22-16)23-17(26)10-25-18(27)8-7-14(24-25)13-6-5-12(21)9-15(13)28-4/h5-9,11H,10H2,1-4H3,(H,22,23,26). The zero-order chi connectivity index (χ0) is 21.2. The topological polar surface area (TPSA) is 86.1 Å². The fraction of sp³-hybridized carbons (Fsp3) is 0.300. The number of benzene rings is 1. The average molecular weight is 416 g/mol. The number of nitrogens with zero attached hydrogens (tertiary/aromatic N) is 3. The molecule has 2 heterocycles. The van der Waals surface area contributed by atoms with Crippen LogP contribution in [-0.4, -0.2) is 27.8 Å². The van der Waals surface area contributed by atoms with Gasteiger partial charge in [0.2, 0.25) is 5.91 Å². The van der Waals surface area contributed by atoms with E-state index in [-0.39, 0.29) is 17.7 Å². The van der Waals surface area contributed by atoms with Gasteiger partial charge < -0.3 is 10.1 Å². The van der Waals surface area contributed by atoms with E-state index in [1.54, 1.807) is 0 Å². The van der Waals surface area contributed by atoms with E-state index >= 15 is 0 Å². The maximum atomic E-state index is 13.4. The Labute approximate surface area is 171 Å². The number of aromatic nitrogens is 3. The van der Waals surface area contributed by atoms with E-state index in [2.05, 4.69) is 15.4 Å². The number of halogens is 1. The molecule has 2 aromatic heterocycles. The van der Waals surface area contributed by atoms with Crippen LogP contribution in [0.15, 0.2) is 40.5 Å². The van der Waals surface area contributed by atoms with Gasteiger partial charge in [0.15, 0.2) is 5.13 Å². The Kier molecular flexibility index (Phi) is 5.78. The van der Waals surface area contributed by atoms with Crippen LogP contribution >= 0.6 is 11.3 Å². The molecule has 0 unspecified atom stereocenters. The Bertz CT molecular complexity index is 1100. The van der Waals surface area contributed by atoms with Gasteiger partial charge in [-0.1, -0.05) is 20.8 Å². The van der Waals surface area contributed by atoms with E-state index in [0.717, 1.165) is 10.4 Å². The Hall–Kier alpha value is -3.07. The lowest BCUT2D eigenvalue weighted by Crippen LogP contribution is -2.29. The van der Waals surface area contributed by atoms with Crippen molar-refractivity contribution in [1.82, 2.24) is 14.8 Å². The zero-order valence-corrected chi connectivity index (χ0v) is 17.3. The number of rotatable bonds is 5. The van der Waals surface area contributed by atoms with Gasteiger partial charge in [0, 0.05) is 28.5 Å². The first-order valence-electron chi connectivity index (χ1n) is 8.85. The van der Waals surface area contributed by atoms with Crippen LogP contribution in [0.4, 0.5) is 9.52 Å². The minimum absolute atomic E-state index is 0.124. The first kappa shape index (κ1) is 20.7. The number of methoxy groups -OCH3 is 1. The number of amides is 1. The number of hydrogen-bond donors (Lipinski definition) is 1. The monoisotopic (exact) mass is 416 g/mol. The van der Waals surface area contributed by atoms with E-state index in [0.29, 0.717) is 16.4 Å². The maximum Gasteiger partial charge on any atom is 0.267 e. The molecule has 1 aromatic carbocycles. The van der Waals surface area contributed by atoms with Crippen LogP contribution in [0.2, 0.25) is 0 Å². The molecule has 1 N–H and O–H groups in total. The summed E-state index contributed by atoms with van der Waals surface area (Å²) in [4.78, 5) is 28.9. The van der Waals surface area contributed by atoms with Gasteiger partial charge in [0.05, 0.1) is 18.5 Å². The summed E-state index contributed by atoms with van der Waals surface area (Å²) in [5, 5.41) is 9.28. The smallest absolute Gasteiger partial charge is 0.267 e. The van der Waals surface area contributed by atoms with Crippen molar-refractivity contribution in [3.8, 4) is 17.0 Å². The summed E-state index contributed by atoms with van der Waals surface area (Å²) in [5.41, 5.74) is 1.22. The number of carbonyl (C=O) groups excluding carboxylic acids is 1. The lowest BCUT2D eigenvalue weighted by Gasteiger charge is -2.14. The highest BCUT2D eigenvalue weighted by molar-refractivity contribution is 7.13. The molecule has 0 aliphatic carbocycles. The first-order valence-corrected chi connectivity index (χ1v) is 9.73. The van der Waals surface area contributed by atoms with Crippen molar-refractivity contribution in [2.24, 2.45) is 0 Å². The van der Waals surface area contributed by atoms with E-state index in [1.165, 1.54) is 48.8 Å². The van der Waals surface area contributed by atoms with Crippen molar-refractivity contribution < 1.29 is 13.9 Å². The molecule has 0 aliphatic heterocycles. The summed E-state index contributed by atoms with van der Waals surface area (Å²) >= 11 is 1.32. The summed E-state index contributed by atoms with van der Waals surface area (Å²) in [6, 6.07) is 6.82. The summed E-state index contributed by atoms with van der Waals surface area (Å²) in [6.07, 6.45) is 0. The third-order valence-electron chi connectivity index (χ3n) is 4.12. The number of thiazole rings is 1. The van der Waals surface area contributed by atoms with Crippen LogP contribution in [0.25, 0.3) is 11.3 Å². The summed E-state index contributed by atoms with van der Waals surface area (Å²) in [6.45, 7) is 5.83. The number of hydrogen-bond acceptors (Lipinski definition) is 6. The minimum atomic E-state index is -0.448. The van der Waals surface area contributed by atoms with Crippen molar-refractivity contribution in [3.05, 3.63) is 57.6 Å². The lowest BCUT2D eigenvalue weighted by molar-refractivity contribution is -0.117. The van der Waals surface area contributed by atoms with Gasteiger partial charge in [-0.2, -0.15) is 5.10 Å². The van der Waals surface area contributed by atoms with Gasteiger partial charge in [-0.3, -0.25) is 9.59 Å². The van der Waals surface area contributed by atoms with E-state index in [9.17, 15) is 14.0 Å². The Morgan fingerprint density at radius 3 is 2.69 bits per heavy atom. The highest BCUT2D eigenvalue weighted by atomic mass is 32.1. The lowest BCUT2D eigenvalue weighted by atomic mass is 9.93. The van der Waals surface area contributed by atoms with Crippen molar-refractivity contribution in [1.29, 1.82) is 0 Å². The predicted molar refractivity (Wildman–Crippen MR) is 110 cm³/mol. The van der Waals surface area contributed by atoms with Gasteiger partial charge in [-0.15, -0.1) is 11.3 Å². The molecule has 3 rings (SSSR count). The number of carbonyl (C=O) groups is 1. The van der Waals surface area contributed by atoms with Crippen molar-refractivity contribution in [2.75, 3.05) is 12.4 Å². The molecule has 9 heteroatoms. The molecule has 0 bridgehead atoms. The molecule has 0 aliphatic rings. The van der Waals surface area contributed by atoms with E-state index in [1.807, 2.05) is 26.2 Å². The molecule has 0 spiro atoms. The summed E-state index contributed by atoms with van der Waals surface area (Å²) < 4.78 is 19.7. The molecule has 3 aromatic rings. The van der Waals surface area contributed by atoms with E-state index in [4.69, 9.17) is 4.74 Å². The predicted octanol–water partition coefficient (Wildman–Crippen LogP) is 3.45. The maximum absolute atomic E-state index is 13.4. The highest BCUT2D eigenvalue weighted by Crippen LogP contribution is 2.29. The van der Waals surface area contributed by atoms with Gasteiger partial charge in [0.25, 0.3) is 5.56 Å². The fourth-order valence-electron chi connectivity index (χ4n) is 2.55. The van der Waals surface area contributed by atoms with Gasteiger partial charge in [-0.25, -0.2) is 14.1 Å². The molecule has 7 nitrogen and oxygen atoms in total. The van der Waals surface area contributed by atoms with Crippen LogP contribution in [0.3, 0.4) is 0 Å². The van der Waals surface area contributed by atoms with Crippen LogP contribution < -0.4 is 15.6 Å². The van der Waals surface area contributed by atoms with Gasteiger partial charge in [-0.05, 0) is 18.2 Å². The molecular formula is C20H21FN4O3S. The number of ether oxygens (including phenoxy) is 1. The van der Waals surface area contributed by atoms with Gasteiger partial charge >= 0.3 is 0 Å². The highest BCUT2D eigenvalue weighted by Gasteiger charge is 2.18. The Morgan fingerprint density at radius 2 is 2.03 bits per heavy atom. The SMILES string of the molecule is COc1cc(F)ccc1-c1ccc(=O)n(CC(=O)Nc2nc(C(C)(C)C)cs2)n1. The fourth-order valence-corrected chi connectivity index (χ4v) is 3.51. The molecule has 0 radical (unpaired) electrons. The Morgan fingerprint density at radius 1 is 1.28 bits per heavy atom. The second-order valence-electron chi connectivity index (χ2n) is 7.40. The van der Waals surface area contributed by atoms with E-state index < -0.39 is 17.3 Å². The second-order valence-corrected chi connectivity index (χ2v) is 8.25. The molecule has 0 saturated heterocycles. The van der Waals surface area contributed by atoms with Crippen LogP contribution in [0.1, 0.15) is 26.5 Å². The van der Waals surface area contributed by atoms with Crippen molar-refractivity contribution in [2.45, 2.75) is 32.7 Å². The average Bonchev–Trinajstić information content (AvgIpc) is 3.12. The number of nitrogens with one attached hydrogen (secondary N) is 1. The zero-order valence-electron chi connectivity index (χ0n) is 16.5. The van der Waals surface area contributed by atoms with Crippen molar-refractivity contribution in [3.63, 3.8) is 0 Å². The molecule has 0 atom stereocenters. The Balaban J connectivity index is 1.81.